The van der Waals surface area contributed by atoms with Crippen molar-refractivity contribution in [2.45, 2.75) is 33.6 Å². The van der Waals surface area contributed by atoms with E-state index in [1.807, 2.05) is 20.8 Å². The minimum absolute atomic E-state index is 0.00689. The molecule has 2 N–H and O–H groups in total. The molecular formula is C19H28N4O4. The molecule has 2 amide bonds. The highest BCUT2D eigenvalue weighted by Gasteiger charge is 2.33. The van der Waals surface area contributed by atoms with Gasteiger partial charge in [0.1, 0.15) is 5.69 Å². The van der Waals surface area contributed by atoms with E-state index < -0.39 is 10.3 Å². The number of hydrogen-bond acceptors (Lipinski definition) is 5. The standard InChI is InChI=1S/C19H28N4O4/c1-19(2,3)18(25)22-12-6-7-14(13-22)17(24)21-11-10-20-15-8-4-5-9-16(15)23(26)27/h4-5,8-9,14,20H,6-7,10-13H2,1-3H3,(H,21,24). The Balaban J connectivity index is 1.81. The minimum atomic E-state index is -0.452. The predicted octanol–water partition coefficient (Wildman–Crippen LogP) is 2.41. The highest BCUT2D eigenvalue weighted by Crippen LogP contribution is 2.24. The molecule has 148 valence electrons. The number of nitrogens with zero attached hydrogens (tertiary/aromatic N) is 2. The van der Waals surface area contributed by atoms with Crippen LogP contribution >= 0.6 is 0 Å². The van der Waals surface area contributed by atoms with E-state index in [0.29, 0.717) is 31.9 Å². The van der Waals surface area contributed by atoms with Crippen LogP contribution in [0.25, 0.3) is 0 Å². The Morgan fingerprint density at radius 1 is 1.26 bits per heavy atom. The quantitative estimate of drug-likeness (QED) is 0.451. The number of nitrogens with one attached hydrogen (secondary N) is 2. The number of nitro groups is 1. The fourth-order valence-corrected chi connectivity index (χ4v) is 3.16. The largest absolute Gasteiger partial charge is 0.378 e. The monoisotopic (exact) mass is 376 g/mol. The molecule has 2 rings (SSSR count). The van der Waals surface area contributed by atoms with Crippen LogP contribution in [0, 0.1) is 21.4 Å². The molecule has 1 aromatic carbocycles. The Morgan fingerprint density at radius 2 is 1.96 bits per heavy atom. The molecule has 1 atom stereocenters. The average molecular weight is 376 g/mol. The molecule has 1 aromatic rings. The zero-order valence-electron chi connectivity index (χ0n) is 16.2. The Hall–Kier alpha value is -2.64. The third kappa shape index (κ3) is 5.67. The van der Waals surface area contributed by atoms with Crippen molar-refractivity contribution in [1.82, 2.24) is 10.2 Å². The zero-order chi connectivity index (χ0) is 20.0. The van der Waals surface area contributed by atoms with Gasteiger partial charge in [-0.2, -0.15) is 0 Å². The molecule has 0 aromatic heterocycles. The smallest absolute Gasteiger partial charge is 0.292 e. The van der Waals surface area contributed by atoms with Gasteiger partial charge in [-0.3, -0.25) is 19.7 Å². The molecule has 1 fully saturated rings. The van der Waals surface area contributed by atoms with E-state index in [1.54, 1.807) is 23.1 Å². The summed E-state index contributed by atoms with van der Waals surface area (Å²) in [5.41, 5.74) is -0.0176. The molecule has 0 radical (unpaired) electrons. The molecule has 1 aliphatic rings. The third-order valence-corrected chi connectivity index (χ3v) is 4.56. The molecule has 27 heavy (non-hydrogen) atoms. The number of carbonyl (C=O) groups is 2. The number of piperidine rings is 1. The van der Waals surface area contributed by atoms with Crippen LogP contribution in [0.1, 0.15) is 33.6 Å². The Morgan fingerprint density at radius 3 is 2.63 bits per heavy atom. The molecular weight excluding hydrogens is 348 g/mol. The third-order valence-electron chi connectivity index (χ3n) is 4.56. The van der Waals surface area contributed by atoms with Gasteiger partial charge in [-0.25, -0.2) is 0 Å². The number of anilines is 1. The summed E-state index contributed by atoms with van der Waals surface area (Å²) < 4.78 is 0. The Bertz CT molecular complexity index is 699. The van der Waals surface area contributed by atoms with E-state index in [-0.39, 0.29) is 23.4 Å². The van der Waals surface area contributed by atoms with Crippen molar-refractivity contribution in [2.75, 3.05) is 31.5 Å². The Kier molecular flexibility index (Phi) is 6.76. The van der Waals surface area contributed by atoms with Crippen LogP contribution < -0.4 is 10.6 Å². The molecule has 0 spiro atoms. The van der Waals surface area contributed by atoms with E-state index in [4.69, 9.17) is 0 Å². The first-order valence-corrected chi connectivity index (χ1v) is 9.24. The van der Waals surface area contributed by atoms with Crippen molar-refractivity contribution in [2.24, 2.45) is 11.3 Å². The number of carbonyl (C=O) groups excluding carboxylic acids is 2. The van der Waals surface area contributed by atoms with Gasteiger partial charge in [0.25, 0.3) is 5.69 Å². The van der Waals surface area contributed by atoms with Crippen molar-refractivity contribution in [3.8, 4) is 0 Å². The number of nitro benzene ring substituents is 1. The summed E-state index contributed by atoms with van der Waals surface area (Å²) in [5.74, 6) is -0.222. The van der Waals surface area contributed by atoms with Crippen molar-refractivity contribution in [3.63, 3.8) is 0 Å². The lowest BCUT2D eigenvalue weighted by Gasteiger charge is -2.35. The molecule has 1 heterocycles. The summed E-state index contributed by atoms with van der Waals surface area (Å²) in [7, 11) is 0. The molecule has 1 saturated heterocycles. The SMILES string of the molecule is CC(C)(C)C(=O)N1CCCC(C(=O)NCCNc2ccccc2[N+](=O)[O-])C1. The lowest BCUT2D eigenvalue weighted by Crippen LogP contribution is -2.49. The highest BCUT2D eigenvalue weighted by atomic mass is 16.6. The number of likely N-dealkylation sites (tertiary alicyclic amines) is 1. The van der Waals surface area contributed by atoms with Gasteiger partial charge >= 0.3 is 0 Å². The topological polar surface area (TPSA) is 105 Å². The molecule has 8 nitrogen and oxygen atoms in total. The highest BCUT2D eigenvalue weighted by molar-refractivity contribution is 5.84. The van der Waals surface area contributed by atoms with Crippen molar-refractivity contribution in [1.29, 1.82) is 0 Å². The van der Waals surface area contributed by atoms with Crippen LogP contribution in [0.15, 0.2) is 24.3 Å². The first kappa shape index (κ1) is 20.7. The minimum Gasteiger partial charge on any atom is -0.378 e. The first-order chi connectivity index (χ1) is 12.7. The fraction of sp³-hybridized carbons (Fsp3) is 0.579. The molecule has 1 aliphatic heterocycles. The van der Waals surface area contributed by atoms with Crippen LogP contribution in [0.3, 0.4) is 0 Å². The average Bonchev–Trinajstić information content (AvgIpc) is 2.64. The number of benzene rings is 1. The maximum Gasteiger partial charge on any atom is 0.292 e. The van der Waals surface area contributed by atoms with Gasteiger partial charge in [0.15, 0.2) is 0 Å². The first-order valence-electron chi connectivity index (χ1n) is 9.24. The normalized spacial score (nSPS) is 17.3. The summed E-state index contributed by atoms with van der Waals surface area (Å²) in [6.45, 7) is 7.52. The van der Waals surface area contributed by atoms with Gasteiger partial charge in [0.05, 0.1) is 10.8 Å². The molecule has 0 aliphatic carbocycles. The summed E-state index contributed by atoms with van der Waals surface area (Å²) in [6, 6.07) is 6.40. The van der Waals surface area contributed by atoms with E-state index in [1.165, 1.54) is 6.07 Å². The van der Waals surface area contributed by atoms with Gasteiger partial charge in [-0.05, 0) is 18.9 Å². The van der Waals surface area contributed by atoms with Crippen LogP contribution in [0.2, 0.25) is 0 Å². The second-order valence-corrected chi connectivity index (χ2v) is 7.83. The number of rotatable bonds is 6. The van der Waals surface area contributed by atoms with Crippen LogP contribution in [-0.2, 0) is 9.59 Å². The lowest BCUT2D eigenvalue weighted by atomic mass is 9.91. The lowest BCUT2D eigenvalue weighted by molar-refractivity contribution is -0.384. The number of amides is 2. The molecule has 8 heteroatoms. The van der Waals surface area contributed by atoms with E-state index in [9.17, 15) is 19.7 Å². The van der Waals surface area contributed by atoms with Crippen molar-refractivity contribution >= 4 is 23.2 Å². The summed E-state index contributed by atoms with van der Waals surface area (Å²) in [6.07, 6.45) is 1.58. The summed E-state index contributed by atoms with van der Waals surface area (Å²) in [4.78, 5) is 37.2. The maximum atomic E-state index is 12.4. The van der Waals surface area contributed by atoms with Crippen LogP contribution in [-0.4, -0.2) is 47.8 Å². The molecule has 1 unspecified atom stereocenters. The second kappa shape index (κ2) is 8.83. The van der Waals surface area contributed by atoms with Gasteiger partial charge < -0.3 is 15.5 Å². The van der Waals surface area contributed by atoms with Gasteiger partial charge in [0.2, 0.25) is 11.8 Å². The van der Waals surface area contributed by atoms with Crippen molar-refractivity contribution < 1.29 is 14.5 Å². The van der Waals surface area contributed by atoms with Gasteiger partial charge in [-0.1, -0.05) is 32.9 Å². The van der Waals surface area contributed by atoms with E-state index in [0.717, 1.165) is 12.8 Å². The fourth-order valence-electron chi connectivity index (χ4n) is 3.16. The van der Waals surface area contributed by atoms with Crippen LogP contribution in [0.4, 0.5) is 11.4 Å². The zero-order valence-corrected chi connectivity index (χ0v) is 16.2. The molecule has 0 bridgehead atoms. The van der Waals surface area contributed by atoms with E-state index >= 15 is 0 Å². The molecule has 0 saturated carbocycles. The summed E-state index contributed by atoms with van der Waals surface area (Å²) in [5, 5.41) is 16.8. The number of hydrogen-bond donors (Lipinski definition) is 2. The van der Waals surface area contributed by atoms with Crippen molar-refractivity contribution in [3.05, 3.63) is 34.4 Å². The van der Waals surface area contributed by atoms with E-state index in [2.05, 4.69) is 10.6 Å². The van der Waals surface area contributed by atoms with Gasteiger partial charge in [0, 0.05) is 37.7 Å². The number of para-hydroxylation sites is 2. The second-order valence-electron chi connectivity index (χ2n) is 7.83. The van der Waals surface area contributed by atoms with Crippen LogP contribution in [0.5, 0.6) is 0 Å². The Labute approximate surface area is 159 Å². The summed E-state index contributed by atoms with van der Waals surface area (Å²) >= 11 is 0. The van der Waals surface area contributed by atoms with Gasteiger partial charge in [-0.15, -0.1) is 0 Å². The predicted molar refractivity (Wildman–Crippen MR) is 103 cm³/mol. The maximum absolute atomic E-state index is 12.4.